The van der Waals surface area contributed by atoms with Crippen LogP contribution in [0.25, 0.3) is 0 Å². The number of para-hydroxylation sites is 1. The predicted molar refractivity (Wildman–Crippen MR) is 111 cm³/mol. The van der Waals surface area contributed by atoms with Crippen molar-refractivity contribution in [2.75, 3.05) is 13.7 Å². The molecule has 0 heterocycles. The molecule has 0 aromatic heterocycles. The number of hydrogen-bond acceptors (Lipinski definition) is 3. The van der Waals surface area contributed by atoms with Crippen molar-refractivity contribution in [2.45, 2.75) is 43.6 Å². The summed E-state index contributed by atoms with van der Waals surface area (Å²) >= 11 is 0. The molecule has 3 rings (SSSR count). The van der Waals surface area contributed by atoms with Gasteiger partial charge >= 0.3 is 0 Å². The van der Waals surface area contributed by atoms with Crippen molar-refractivity contribution in [3.05, 3.63) is 65.7 Å². The van der Waals surface area contributed by atoms with Crippen molar-refractivity contribution in [2.24, 2.45) is 5.73 Å². The summed E-state index contributed by atoms with van der Waals surface area (Å²) in [7, 11) is 1.71. The maximum atomic E-state index is 12.5. The first-order valence-electron chi connectivity index (χ1n) is 9.35. The van der Waals surface area contributed by atoms with Crippen LogP contribution in [0.1, 0.15) is 49.3 Å². The van der Waals surface area contributed by atoms with Crippen molar-refractivity contribution in [3.8, 4) is 5.75 Å². The third-order valence-electron chi connectivity index (χ3n) is 5.50. The highest BCUT2D eigenvalue weighted by molar-refractivity contribution is 5.85. The van der Waals surface area contributed by atoms with Crippen LogP contribution in [-0.4, -0.2) is 19.6 Å². The van der Waals surface area contributed by atoms with Crippen LogP contribution in [0.2, 0.25) is 0 Å². The van der Waals surface area contributed by atoms with E-state index in [9.17, 15) is 4.79 Å². The first-order valence-corrected chi connectivity index (χ1v) is 9.35. The summed E-state index contributed by atoms with van der Waals surface area (Å²) in [5.74, 6) is 0.909. The molecule has 1 fully saturated rings. The Balaban J connectivity index is 0.00000261. The van der Waals surface area contributed by atoms with Crippen molar-refractivity contribution >= 4 is 18.3 Å². The van der Waals surface area contributed by atoms with Gasteiger partial charge in [-0.25, -0.2) is 0 Å². The molecule has 3 N–H and O–H groups in total. The zero-order valence-electron chi connectivity index (χ0n) is 15.8. The SMILES string of the molecule is COc1ccccc1C1(CNC(=O)CC(N)c2ccccc2)CCCC1.Cl. The average molecular weight is 389 g/mol. The Bertz CT molecular complexity index is 730. The summed E-state index contributed by atoms with van der Waals surface area (Å²) in [4.78, 5) is 12.5. The first-order chi connectivity index (χ1) is 12.6. The second-order valence-electron chi connectivity index (χ2n) is 7.19. The van der Waals surface area contributed by atoms with Crippen molar-refractivity contribution < 1.29 is 9.53 Å². The molecule has 27 heavy (non-hydrogen) atoms. The minimum atomic E-state index is -0.276. The van der Waals surface area contributed by atoms with E-state index in [0.29, 0.717) is 13.0 Å². The molecule has 0 saturated heterocycles. The zero-order valence-corrected chi connectivity index (χ0v) is 16.6. The molecule has 1 aliphatic rings. The molecule has 2 aromatic carbocycles. The maximum Gasteiger partial charge on any atom is 0.221 e. The first kappa shape index (κ1) is 21.3. The molecule has 0 bridgehead atoms. The summed E-state index contributed by atoms with van der Waals surface area (Å²) in [6.07, 6.45) is 4.79. The summed E-state index contributed by atoms with van der Waals surface area (Å²) in [6.45, 7) is 0.633. The summed E-state index contributed by atoms with van der Waals surface area (Å²) < 4.78 is 5.58. The van der Waals surface area contributed by atoms with Crippen LogP contribution in [0, 0.1) is 0 Å². The number of methoxy groups -OCH3 is 1. The number of nitrogens with one attached hydrogen (secondary N) is 1. The van der Waals surface area contributed by atoms with Gasteiger partial charge in [0, 0.05) is 30.0 Å². The quantitative estimate of drug-likeness (QED) is 0.749. The fourth-order valence-electron chi connectivity index (χ4n) is 4.03. The van der Waals surface area contributed by atoms with Crippen LogP contribution in [0.3, 0.4) is 0 Å². The standard InChI is InChI=1S/C22H28N2O2.ClH/c1-26-20-12-6-5-11-18(20)22(13-7-8-14-22)16-24-21(25)15-19(23)17-9-3-2-4-10-17;/h2-6,9-12,19H,7-8,13-16,23H2,1H3,(H,24,25);1H. The van der Waals surface area contributed by atoms with Crippen LogP contribution in [-0.2, 0) is 10.2 Å². The highest BCUT2D eigenvalue weighted by atomic mass is 35.5. The van der Waals surface area contributed by atoms with Crippen LogP contribution in [0.5, 0.6) is 5.75 Å². The maximum absolute atomic E-state index is 12.5. The van der Waals surface area contributed by atoms with E-state index in [-0.39, 0.29) is 29.8 Å². The van der Waals surface area contributed by atoms with Crippen molar-refractivity contribution in [1.29, 1.82) is 0 Å². The Hall–Kier alpha value is -2.04. The molecule has 1 amide bonds. The third kappa shape index (κ3) is 5.02. The summed E-state index contributed by atoms with van der Waals surface area (Å²) in [6, 6.07) is 17.7. The van der Waals surface area contributed by atoms with E-state index in [4.69, 9.17) is 10.5 Å². The molecule has 1 saturated carbocycles. The number of hydrogen-bond donors (Lipinski definition) is 2. The molecular weight excluding hydrogens is 360 g/mol. The van der Waals surface area contributed by atoms with Crippen LogP contribution in [0.15, 0.2) is 54.6 Å². The molecule has 4 nitrogen and oxygen atoms in total. The molecule has 2 aromatic rings. The van der Waals surface area contributed by atoms with Gasteiger partial charge in [-0.15, -0.1) is 12.4 Å². The third-order valence-corrected chi connectivity index (χ3v) is 5.50. The largest absolute Gasteiger partial charge is 0.496 e. The van der Waals surface area contributed by atoms with Crippen LogP contribution < -0.4 is 15.8 Å². The van der Waals surface area contributed by atoms with Gasteiger partial charge in [-0.1, -0.05) is 61.4 Å². The van der Waals surface area contributed by atoms with Gasteiger partial charge in [-0.2, -0.15) is 0 Å². The number of nitrogens with two attached hydrogens (primary N) is 1. The van der Waals surface area contributed by atoms with E-state index >= 15 is 0 Å². The molecule has 1 atom stereocenters. The van der Waals surface area contributed by atoms with Gasteiger partial charge in [0.05, 0.1) is 7.11 Å². The van der Waals surface area contributed by atoms with Gasteiger partial charge in [0.25, 0.3) is 0 Å². The van der Waals surface area contributed by atoms with Gasteiger partial charge < -0.3 is 15.8 Å². The Morgan fingerprint density at radius 2 is 1.74 bits per heavy atom. The lowest BCUT2D eigenvalue weighted by molar-refractivity contribution is -0.121. The minimum Gasteiger partial charge on any atom is -0.496 e. The normalized spacial score (nSPS) is 16.2. The lowest BCUT2D eigenvalue weighted by Crippen LogP contribution is -2.40. The van der Waals surface area contributed by atoms with Gasteiger partial charge in [0.2, 0.25) is 5.91 Å². The lowest BCUT2D eigenvalue weighted by atomic mass is 9.78. The van der Waals surface area contributed by atoms with Crippen LogP contribution >= 0.6 is 12.4 Å². The number of amides is 1. The Labute approximate surface area is 167 Å². The van der Waals surface area contributed by atoms with Crippen molar-refractivity contribution in [1.82, 2.24) is 5.32 Å². The predicted octanol–water partition coefficient (Wildman–Crippen LogP) is 4.14. The smallest absolute Gasteiger partial charge is 0.221 e. The number of benzene rings is 2. The fourth-order valence-corrected chi connectivity index (χ4v) is 4.03. The molecule has 146 valence electrons. The van der Waals surface area contributed by atoms with Gasteiger partial charge in [-0.3, -0.25) is 4.79 Å². The minimum absolute atomic E-state index is 0. The van der Waals surface area contributed by atoms with Gasteiger partial charge in [0.1, 0.15) is 5.75 Å². The zero-order chi connectivity index (χ0) is 18.4. The Kier molecular flexibility index (Phi) is 7.69. The molecule has 0 radical (unpaired) electrons. The van der Waals surface area contributed by atoms with Gasteiger partial charge in [-0.05, 0) is 24.5 Å². The lowest BCUT2D eigenvalue weighted by Gasteiger charge is -2.31. The Morgan fingerprint density at radius 1 is 1.11 bits per heavy atom. The number of carbonyl (C=O) groups is 1. The highest BCUT2D eigenvalue weighted by Crippen LogP contribution is 2.44. The van der Waals surface area contributed by atoms with E-state index in [1.165, 1.54) is 18.4 Å². The van der Waals surface area contributed by atoms with E-state index < -0.39 is 0 Å². The number of ether oxygens (including phenoxy) is 1. The summed E-state index contributed by atoms with van der Waals surface area (Å²) in [5.41, 5.74) is 8.34. The Morgan fingerprint density at radius 3 is 2.41 bits per heavy atom. The molecule has 5 heteroatoms. The average Bonchev–Trinajstić information content (AvgIpc) is 3.17. The van der Waals surface area contributed by atoms with E-state index in [1.54, 1.807) is 7.11 Å². The second-order valence-corrected chi connectivity index (χ2v) is 7.19. The van der Waals surface area contributed by atoms with E-state index in [1.807, 2.05) is 48.5 Å². The topological polar surface area (TPSA) is 64.3 Å². The molecule has 0 aliphatic heterocycles. The van der Waals surface area contributed by atoms with Crippen molar-refractivity contribution in [3.63, 3.8) is 0 Å². The number of carbonyl (C=O) groups excluding carboxylic acids is 1. The van der Waals surface area contributed by atoms with Crippen LogP contribution in [0.4, 0.5) is 0 Å². The summed E-state index contributed by atoms with van der Waals surface area (Å²) in [5, 5.41) is 3.14. The number of halogens is 1. The molecule has 1 aliphatic carbocycles. The van der Waals surface area contributed by atoms with Gasteiger partial charge in [0.15, 0.2) is 0 Å². The van der Waals surface area contributed by atoms with E-state index in [2.05, 4.69) is 11.4 Å². The molecular formula is C22H29ClN2O2. The highest BCUT2D eigenvalue weighted by Gasteiger charge is 2.38. The number of rotatable bonds is 7. The molecule has 0 spiro atoms. The monoisotopic (exact) mass is 388 g/mol. The fraction of sp³-hybridized carbons (Fsp3) is 0.409. The van der Waals surface area contributed by atoms with E-state index in [0.717, 1.165) is 24.2 Å². The second kappa shape index (κ2) is 9.77. The molecule has 1 unspecified atom stereocenters.